The lowest BCUT2D eigenvalue weighted by Crippen LogP contribution is -2.17. The molecule has 41 heavy (non-hydrogen) atoms. The number of nitrogens with one attached hydrogen (secondary N) is 2. The van der Waals surface area contributed by atoms with Gasteiger partial charge in [0.15, 0.2) is 0 Å². The number of carbonyl (C=O) groups is 5. The average molecular weight is 597 g/mol. The summed E-state index contributed by atoms with van der Waals surface area (Å²) in [5.74, 6) is -4.13. The van der Waals surface area contributed by atoms with Crippen molar-refractivity contribution in [2.24, 2.45) is 0 Å². The number of thiophene rings is 1. The molecule has 3 aromatic rings. The molecule has 0 bridgehead atoms. The highest BCUT2D eigenvalue weighted by Crippen LogP contribution is 2.38. The number of hydrogen-bond donors (Lipinski definition) is 4. The summed E-state index contributed by atoms with van der Waals surface area (Å²) >= 11 is 2.65. The van der Waals surface area contributed by atoms with Crippen LogP contribution in [0.3, 0.4) is 0 Å². The Balaban J connectivity index is 1.43. The number of carboxylic acid groups (broad SMARTS) is 2. The second kappa shape index (κ2) is 13.5. The molecule has 4 N–H and O–H groups in total. The van der Waals surface area contributed by atoms with Gasteiger partial charge in [-0.25, -0.2) is 14.4 Å². The molecule has 1 aromatic heterocycles. The lowest BCUT2D eigenvalue weighted by Gasteiger charge is -2.10. The highest BCUT2D eigenvalue weighted by molar-refractivity contribution is 8.00. The molecule has 214 valence electrons. The predicted molar refractivity (Wildman–Crippen MR) is 156 cm³/mol. The van der Waals surface area contributed by atoms with Crippen LogP contribution in [0.25, 0.3) is 0 Å². The Bertz CT molecular complexity index is 1510. The van der Waals surface area contributed by atoms with Crippen molar-refractivity contribution in [2.75, 3.05) is 23.0 Å². The number of ether oxygens (including phenoxy) is 1. The summed E-state index contributed by atoms with van der Waals surface area (Å²) < 4.78 is 5.28. The molecular weight excluding hydrogens is 568 g/mol. The molecule has 0 saturated heterocycles. The van der Waals surface area contributed by atoms with Crippen molar-refractivity contribution in [2.45, 2.75) is 43.9 Å². The van der Waals surface area contributed by atoms with E-state index in [1.165, 1.54) is 23.1 Å². The quantitative estimate of drug-likeness (QED) is 0.133. The molecule has 0 spiro atoms. The second-order valence-corrected chi connectivity index (χ2v) is 11.3. The number of aromatic carboxylic acids is 2. The van der Waals surface area contributed by atoms with E-state index >= 15 is 0 Å². The third kappa shape index (κ3) is 7.33. The van der Waals surface area contributed by atoms with Crippen LogP contribution in [0.15, 0.2) is 47.4 Å². The Morgan fingerprint density at radius 2 is 1.71 bits per heavy atom. The number of fused-ring (bicyclic) bond motifs is 1. The zero-order chi connectivity index (χ0) is 29.5. The summed E-state index contributed by atoms with van der Waals surface area (Å²) in [5.41, 5.74) is 0.924. The highest BCUT2D eigenvalue weighted by atomic mass is 32.2. The minimum absolute atomic E-state index is 0.0437. The number of benzene rings is 2. The van der Waals surface area contributed by atoms with Crippen LogP contribution >= 0.6 is 23.1 Å². The van der Waals surface area contributed by atoms with Gasteiger partial charge in [-0.3, -0.25) is 9.59 Å². The van der Waals surface area contributed by atoms with Gasteiger partial charge >= 0.3 is 17.9 Å². The smallest absolute Gasteiger partial charge is 0.341 e. The number of anilines is 2. The fourth-order valence-electron chi connectivity index (χ4n) is 4.48. The lowest BCUT2D eigenvalue weighted by molar-refractivity contribution is -0.113. The molecule has 0 aliphatic heterocycles. The maximum atomic E-state index is 12.9. The number of aryl methyl sites for hydroxylation is 1. The minimum atomic E-state index is -1.43. The SMILES string of the molecule is CCOC(=O)c1c(NC(=O)CSc2cccc(NC(=O)c3ccc(C(=O)O)cc3C(=O)O)c2)sc2c1CCCCC2. The summed E-state index contributed by atoms with van der Waals surface area (Å²) in [5, 5.41) is 24.6. The van der Waals surface area contributed by atoms with Crippen LogP contribution in [0.4, 0.5) is 10.7 Å². The molecule has 12 heteroatoms. The number of carbonyl (C=O) groups excluding carboxylic acids is 3. The van der Waals surface area contributed by atoms with Crippen LogP contribution in [0.5, 0.6) is 0 Å². The van der Waals surface area contributed by atoms with Crippen molar-refractivity contribution >= 4 is 63.5 Å². The fraction of sp³-hybridized carbons (Fsp3) is 0.276. The molecule has 0 atom stereocenters. The minimum Gasteiger partial charge on any atom is -0.478 e. The van der Waals surface area contributed by atoms with Gasteiger partial charge in [-0.1, -0.05) is 12.5 Å². The molecule has 1 aliphatic carbocycles. The van der Waals surface area contributed by atoms with Gasteiger partial charge in [-0.05, 0) is 74.6 Å². The van der Waals surface area contributed by atoms with Crippen LogP contribution in [0.2, 0.25) is 0 Å². The van der Waals surface area contributed by atoms with Crippen LogP contribution in [0.1, 0.15) is 78.1 Å². The zero-order valence-corrected chi connectivity index (χ0v) is 23.8. The Morgan fingerprint density at radius 1 is 0.927 bits per heavy atom. The van der Waals surface area contributed by atoms with Crippen molar-refractivity contribution in [1.29, 1.82) is 0 Å². The van der Waals surface area contributed by atoms with Gasteiger partial charge in [0, 0.05) is 15.5 Å². The third-order valence-corrected chi connectivity index (χ3v) is 8.56. The van der Waals surface area contributed by atoms with E-state index < -0.39 is 29.4 Å². The standard InChI is InChI=1S/C29H28N2O8S2/c1-2-39-29(38)24-20-9-4-3-5-10-22(20)41-26(24)31-23(32)15-40-18-8-6-7-17(14-18)30-25(33)19-12-11-16(27(34)35)13-21(19)28(36)37/h6-8,11-14H,2-5,9-10,15H2,1H3,(H,30,33)(H,31,32)(H,34,35)(H,36,37). The van der Waals surface area contributed by atoms with E-state index in [-0.39, 0.29) is 29.4 Å². The predicted octanol–water partition coefficient (Wildman–Crippen LogP) is 5.57. The fourth-order valence-corrected chi connectivity index (χ4v) is 6.52. The molecule has 1 heterocycles. The van der Waals surface area contributed by atoms with Gasteiger partial charge in [0.25, 0.3) is 5.91 Å². The molecule has 0 radical (unpaired) electrons. The van der Waals surface area contributed by atoms with Gasteiger partial charge in [0.1, 0.15) is 5.00 Å². The van der Waals surface area contributed by atoms with E-state index in [9.17, 15) is 29.1 Å². The van der Waals surface area contributed by atoms with Gasteiger partial charge in [-0.2, -0.15) is 0 Å². The molecule has 1 aliphatic rings. The van der Waals surface area contributed by atoms with Crippen LogP contribution < -0.4 is 10.6 Å². The molecular formula is C29H28N2O8S2. The molecule has 10 nitrogen and oxygen atoms in total. The summed E-state index contributed by atoms with van der Waals surface area (Å²) in [4.78, 5) is 63.0. The van der Waals surface area contributed by atoms with Crippen molar-refractivity contribution in [3.63, 3.8) is 0 Å². The van der Waals surface area contributed by atoms with Crippen LogP contribution in [-0.2, 0) is 22.4 Å². The van der Waals surface area contributed by atoms with E-state index in [4.69, 9.17) is 9.84 Å². The van der Waals surface area contributed by atoms with Crippen molar-refractivity contribution in [3.8, 4) is 0 Å². The summed E-state index contributed by atoms with van der Waals surface area (Å²) in [6.45, 7) is 1.99. The lowest BCUT2D eigenvalue weighted by atomic mass is 10.0. The van der Waals surface area contributed by atoms with Gasteiger partial charge < -0.3 is 25.6 Å². The molecule has 0 unspecified atom stereocenters. The third-order valence-electron chi connectivity index (χ3n) is 6.36. The average Bonchev–Trinajstić information content (AvgIpc) is 3.11. The summed E-state index contributed by atoms with van der Waals surface area (Å²) in [6.07, 6.45) is 4.77. The number of hydrogen-bond acceptors (Lipinski definition) is 8. The first-order chi connectivity index (χ1) is 19.7. The van der Waals surface area contributed by atoms with E-state index in [0.29, 0.717) is 21.1 Å². The van der Waals surface area contributed by atoms with Gasteiger partial charge in [0.2, 0.25) is 5.91 Å². The van der Waals surface area contributed by atoms with E-state index in [1.54, 1.807) is 31.2 Å². The summed E-state index contributed by atoms with van der Waals surface area (Å²) in [7, 11) is 0. The Morgan fingerprint density at radius 3 is 2.44 bits per heavy atom. The molecule has 2 amide bonds. The second-order valence-electron chi connectivity index (χ2n) is 9.18. The van der Waals surface area contributed by atoms with Crippen molar-refractivity contribution in [3.05, 3.63) is 75.2 Å². The number of amides is 2. The van der Waals surface area contributed by atoms with Crippen LogP contribution in [-0.4, -0.2) is 52.3 Å². The topological polar surface area (TPSA) is 159 Å². The first-order valence-corrected chi connectivity index (χ1v) is 14.7. The number of esters is 1. The largest absolute Gasteiger partial charge is 0.478 e. The summed E-state index contributed by atoms with van der Waals surface area (Å²) in [6, 6.07) is 9.93. The first-order valence-electron chi connectivity index (χ1n) is 12.9. The molecule has 4 rings (SSSR count). The van der Waals surface area contributed by atoms with Gasteiger partial charge in [0.05, 0.1) is 34.6 Å². The Labute approximate surface area is 244 Å². The van der Waals surface area contributed by atoms with Gasteiger partial charge in [-0.15, -0.1) is 23.1 Å². The maximum absolute atomic E-state index is 12.9. The molecule has 2 aromatic carbocycles. The maximum Gasteiger partial charge on any atom is 0.341 e. The number of carboxylic acids is 2. The van der Waals surface area contributed by atoms with E-state index in [0.717, 1.165) is 60.7 Å². The zero-order valence-electron chi connectivity index (χ0n) is 22.2. The number of thioether (sulfide) groups is 1. The normalized spacial score (nSPS) is 12.5. The van der Waals surface area contributed by atoms with Crippen LogP contribution in [0, 0.1) is 0 Å². The molecule has 0 fully saturated rings. The molecule has 0 saturated carbocycles. The Kier molecular flexibility index (Phi) is 9.79. The number of rotatable bonds is 10. The monoisotopic (exact) mass is 596 g/mol. The highest BCUT2D eigenvalue weighted by Gasteiger charge is 2.26. The van der Waals surface area contributed by atoms with Crippen molar-refractivity contribution in [1.82, 2.24) is 0 Å². The first kappa shape index (κ1) is 29.8. The Hall–Kier alpha value is -4.16. The van der Waals surface area contributed by atoms with Crippen molar-refractivity contribution < 1.29 is 38.9 Å². The van der Waals surface area contributed by atoms with E-state index in [2.05, 4.69) is 10.6 Å². The van der Waals surface area contributed by atoms with E-state index in [1.807, 2.05) is 0 Å².